The topological polar surface area (TPSA) is 77.7 Å². The molecule has 25 heavy (non-hydrogen) atoms. The second kappa shape index (κ2) is 6.57. The largest absolute Gasteiger partial charge is 0.438 e. The number of carbonyl (C=O) groups is 1. The van der Waals surface area contributed by atoms with Gasteiger partial charge in [0.2, 0.25) is 5.76 Å². The number of pyridine rings is 1. The van der Waals surface area contributed by atoms with Crippen molar-refractivity contribution in [2.75, 3.05) is 32.9 Å². The molecule has 2 aliphatic heterocycles. The van der Waals surface area contributed by atoms with Crippen molar-refractivity contribution in [1.82, 2.24) is 14.9 Å². The SMILES string of the molecule is Cc1ncoc1C(=O)N1C[C@@H]2COC[C@]2(COCc2cccnc2)C1. The second-order valence-corrected chi connectivity index (χ2v) is 6.88. The average molecular weight is 343 g/mol. The summed E-state index contributed by atoms with van der Waals surface area (Å²) in [5.41, 5.74) is 1.52. The van der Waals surface area contributed by atoms with Crippen LogP contribution in [0.15, 0.2) is 35.3 Å². The fourth-order valence-electron chi connectivity index (χ4n) is 3.70. The van der Waals surface area contributed by atoms with E-state index in [1.807, 2.05) is 17.0 Å². The Kier molecular flexibility index (Phi) is 4.27. The molecule has 7 nitrogen and oxygen atoms in total. The monoisotopic (exact) mass is 343 g/mol. The smallest absolute Gasteiger partial charge is 0.291 e. The summed E-state index contributed by atoms with van der Waals surface area (Å²) in [5, 5.41) is 0. The van der Waals surface area contributed by atoms with Crippen molar-refractivity contribution in [1.29, 1.82) is 0 Å². The van der Waals surface area contributed by atoms with Gasteiger partial charge in [-0.3, -0.25) is 9.78 Å². The van der Waals surface area contributed by atoms with Gasteiger partial charge in [-0.2, -0.15) is 0 Å². The van der Waals surface area contributed by atoms with E-state index in [2.05, 4.69) is 9.97 Å². The Balaban J connectivity index is 1.42. The summed E-state index contributed by atoms with van der Waals surface area (Å²) in [6.45, 7) is 5.41. The number of hydrogen-bond acceptors (Lipinski definition) is 6. The van der Waals surface area contributed by atoms with Crippen LogP contribution in [0.25, 0.3) is 0 Å². The minimum atomic E-state index is -0.147. The molecule has 7 heteroatoms. The molecule has 0 aliphatic carbocycles. The summed E-state index contributed by atoms with van der Waals surface area (Å²) in [7, 11) is 0. The zero-order valence-corrected chi connectivity index (χ0v) is 14.2. The molecular formula is C18H21N3O4. The Bertz CT molecular complexity index is 748. The molecule has 2 atom stereocenters. The molecule has 1 amide bonds. The normalized spacial score (nSPS) is 25.3. The van der Waals surface area contributed by atoms with Crippen LogP contribution in [0.2, 0.25) is 0 Å². The van der Waals surface area contributed by atoms with E-state index in [1.165, 1.54) is 6.39 Å². The predicted octanol–water partition coefficient (Wildman–Crippen LogP) is 1.68. The van der Waals surface area contributed by atoms with Gasteiger partial charge in [0, 0.05) is 36.8 Å². The lowest BCUT2D eigenvalue weighted by Crippen LogP contribution is -2.37. The molecule has 132 valence electrons. The first-order valence-corrected chi connectivity index (χ1v) is 8.42. The van der Waals surface area contributed by atoms with Crippen LogP contribution in [0.5, 0.6) is 0 Å². The Morgan fingerprint density at radius 2 is 2.44 bits per heavy atom. The molecule has 4 rings (SSSR count). The first-order chi connectivity index (χ1) is 12.2. The summed E-state index contributed by atoms with van der Waals surface area (Å²) in [6, 6.07) is 3.89. The summed E-state index contributed by atoms with van der Waals surface area (Å²) in [6.07, 6.45) is 4.86. The summed E-state index contributed by atoms with van der Waals surface area (Å²) in [4.78, 5) is 22.7. The number of rotatable bonds is 5. The standard InChI is InChI=1S/C18H21N3O4/c1-13-16(25-12-20-13)17(22)21-6-15-8-24-11-18(15,9-21)10-23-7-14-3-2-4-19-5-14/h2-5,12,15H,6-11H2,1H3/t15-,18-/m1/s1. The predicted molar refractivity (Wildman–Crippen MR) is 87.8 cm³/mol. The van der Waals surface area contributed by atoms with Crippen LogP contribution < -0.4 is 0 Å². The molecule has 2 fully saturated rings. The molecule has 0 aromatic carbocycles. The van der Waals surface area contributed by atoms with Crippen molar-refractivity contribution in [2.24, 2.45) is 11.3 Å². The van der Waals surface area contributed by atoms with Crippen molar-refractivity contribution in [2.45, 2.75) is 13.5 Å². The van der Waals surface area contributed by atoms with E-state index >= 15 is 0 Å². The quantitative estimate of drug-likeness (QED) is 0.822. The minimum absolute atomic E-state index is 0.101. The summed E-state index contributed by atoms with van der Waals surface area (Å²) in [5.74, 6) is 0.511. The molecule has 0 unspecified atom stereocenters. The van der Waals surface area contributed by atoms with Crippen molar-refractivity contribution in [3.05, 3.63) is 47.9 Å². The fraction of sp³-hybridized carbons (Fsp3) is 0.500. The number of ether oxygens (including phenoxy) is 2. The van der Waals surface area contributed by atoms with Gasteiger partial charge in [0.05, 0.1) is 32.1 Å². The maximum atomic E-state index is 12.7. The van der Waals surface area contributed by atoms with E-state index in [1.54, 1.807) is 19.3 Å². The molecule has 2 aromatic heterocycles. The van der Waals surface area contributed by atoms with Gasteiger partial charge in [0.1, 0.15) is 0 Å². The van der Waals surface area contributed by atoms with Gasteiger partial charge in [0.15, 0.2) is 6.39 Å². The van der Waals surface area contributed by atoms with E-state index in [4.69, 9.17) is 13.9 Å². The van der Waals surface area contributed by atoms with Crippen LogP contribution in [0.1, 0.15) is 21.8 Å². The molecule has 2 aromatic rings. The van der Waals surface area contributed by atoms with Crippen molar-refractivity contribution < 1.29 is 18.7 Å². The highest BCUT2D eigenvalue weighted by Gasteiger charge is 2.52. The molecule has 2 aliphatic rings. The molecule has 0 spiro atoms. The summed E-state index contributed by atoms with van der Waals surface area (Å²) < 4.78 is 16.9. The third-order valence-corrected chi connectivity index (χ3v) is 5.13. The van der Waals surface area contributed by atoms with Gasteiger partial charge in [-0.05, 0) is 18.6 Å². The van der Waals surface area contributed by atoms with E-state index in [0.29, 0.717) is 51.0 Å². The zero-order chi connectivity index (χ0) is 17.3. The Hall–Kier alpha value is -2.25. The minimum Gasteiger partial charge on any atom is -0.438 e. The number of aryl methyl sites for hydroxylation is 1. The number of oxazole rings is 1. The van der Waals surface area contributed by atoms with Crippen molar-refractivity contribution in [3.63, 3.8) is 0 Å². The maximum absolute atomic E-state index is 12.7. The van der Waals surface area contributed by atoms with Crippen LogP contribution >= 0.6 is 0 Å². The Morgan fingerprint density at radius 3 is 3.20 bits per heavy atom. The molecule has 4 heterocycles. The van der Waals surface area contributed by atoms with Gasteiger partial charge >= 0.3 is 0 Å². The number of nitrogens with zero attached hydrogens (tertiary/aromatic N) is 3. The second-order valence-electron chi connectivity index (χ2n) is 6.88. The number of carbonyl (C=O) groups excluding carboxylic acids is 1. The molecule has 0 radical (unpaired) electrons. The van der Waals surface area contributed by atoms with Gasteiger partial charge in [-0.25, -0.2) is 4.98 Å². The summed E-state index contributed by atoms with van der Waals surface area (Å²) >= 11 is 0. The first kappa shape index (κ1) is 16.2. The van der Waals surface area contributed by atoms with Gasteiger partial charge < -0.3 is 18.8 Å². The fourth-order valence-corrected chi connectivity index (χ4v) is 3.70. The molecule has 0 N–H and O–H groups in total. The van der Waals surface area contributed by atoms with Gasteiger partial charge in [0.25, 0.3) is 5.91 Å². The number of fused-ring (bicyclic) bond motifs is 1. The van der Waals surface area contributed by atoms with Gasteiger partial charge in [-0.1, -0.05) is 6.07 Å². The highest BCUT2D eigenvalue weighted by molar-refractivity contribution is 5.92. The Morgan fingerprint density at radius 1 is 1.52 bits per heavy atom. The van der Waals surface area contributed by atoms with Crippen LogP contribution in [0, 0.1) is 18.3 Å². The maximum Gasteiger partial charge on any atom is 0.291 e. The molecular weight excluding hydrogens is 322 g/mol. The number of aromatic nitrogens is 2. The van der Waals surface area contributed by atoms with E-state index in [-0.39, 0.29) is 17.2 Å². The first-order valence-electron chi connectivity index (χ1n) is 8.42. The molecule has 0 bridgehead atoms. The van der Waals surface area contributed by atoms with Gasteiger partial charge in [-0.15, -0.1) is 0 Å². The van der Waals surface area contributed by atoms with E-state index in [0.717, 1.165) is 5.56 Å². The number of likely N-dealkylation sites (tertiary alicyclic amines) is 1. The third-order valence-electron chi connectivity index (χ3n) is 5.13. The van der Waals surface area contributed by atoms with Crippen LogP contribution in [-0.4, -0.2) is 53.7 Å². The molecule has 0 saturated carbocycles. The zero-order valence-electron chi connectivity index (χ0n) is 14.2. The highest BCUT2D eigenvalue weighted by atomic mass is 16.5. The van der Waals surface area contributed by atoms with E-state index < -0.39 is 0 Å². The third kappa shape index (κ3) is 3.05. The Labute approximate surface area is 146 Å². The number of hydrogen-bond donors (Lipinski definition) is 0. The van der Waals surface area contributed by atoms with Crippen LogP contribution in [-0.2, 0) is 16.1 Å². The van der Waals surface area contributed by atoms with Crippen molar-refractivity contribution >= 4 is 5.91 Å². The van der Waals surface area contributed by atoms with Crippen LogP contribution in [0.4, 0.5) is 0 Å². The van der Waals surface area contributed by atoms with Crippen LogP contribution in [0.3, 0.4) is 0 Å². The lowest BCUT2D eigenvalue weighted by atomic mass is 9.82. The average Bonchev–Trinajstić information content (AvgIpc) is 3.29. The lowest BCUT2D eigenvalue weighted by Gasteiger charge is -2.26. The van der Waals surface area contributed by atoms with Crippen molar-refractivity contribution in [3.8, 4) is 0 Å². The number of amides is 1. The highest BCUT2D eigenvalue weighted by Crippen LogP contribution is 2.42. The lowest BCUT2D eigenvalue weighted by molar-refractivity contribution is 0.0182. The molecule has 2 saturated heterocycles. The van der Waals surface area contributed by atoms with E-state index in [9.17, 15) is 4.79 Å².